The minimum Gasteiger partial charge on any atom is -0.491 e. The number of nitriles is 2. The van der Waals surface area contributed by atoms with Gasteiger partial charge in [-0.15, -0.1) is 0 Å². The highest BCUT2D eigenvalue weighted by atomic mass is 16.5. The summed E-state index contributed by atoms with van der Waals surface area (Å²) in [6, 6.07) is 8.61. The molecule has 0 fully saturated rings. The van der Waals surface area contributed by atoms with Crippen LogP contribution in [0.25, 0.3) is 0 Å². The summed E-state index contributed by atoms with van der Waals surface area (Å²) >= 11 is 0. The average molecular weight is 276 g/mol. The maximum Gasteiger partial charge on any atom is 0.120 e. The first-order valence-corrected chi connectivity index (χ1v) is 6.15. The van der Waals surface area contributed by atoms with Gasteiger partial charge in [0.25, 0.3) is 0 Å². The summed E-state index contributed by atoms with van der Waals surface area (Å²) in [7, 11) is 0. The van der Waals surface area contributed by atoms with Crippen molar-refractivity contribution in [2.45, 2.75) is 0 Å². The van der Waals surface area contributed by atoms with Crippen molar-refractivity contribution in [1.29, 1.82) is 10.5 Å². The first-order chi connectivity index (χ1) is 9.81. The Morgan fingerprint density at radius 3 is 2.20 bits per heavy atom. The molecule has 0 aliphatic rings. The van der Waals surface area contributed by atoms with E-state index in [1.807, 2.05) is 12.1 Å². The fraction of sp³-hybridized carbons (Fsp3) is 0.429. The first kappa shape index (κ1) is 15.9. The van der Waals surface area contributed by atoms with Crippen LogP contribution >= 0.6 is 0 Å². The lowest BCUT2D eigenvalue weighted by Crippen LogP contribution is -2.12. The fourth-order valence-electron chi connectivity index (χ4n) is 1.41. The van der Waals surface area contributed by atoms with E-state index in [4.69, 9.17) is 29.8 Å². The zero-order valence-electron chi connectivity index (χ0n) is 11.0. The molecule has 0 unspecified atom stereocenters. The predicted molar refractivity (Wildman–Crippen MR) is 70.1 cm³/mol. The second-order valence-electron chi connectivity index (χ2n) is 3.73. The van der Waals surface area contributed by atoms with Gasteiger partial charge in [0, 0.05) is 0 Å². The molecule has 0 saturated carbocycles. The van der Waals surface area contributed by atoms with E-state index in [9.17, 15) is 0 Å². The summed E-state index contributed by atoms with van der Waals surface area (Å²) in [6.45, 7) is 1.91. The van der Waals surface area contributed by atoms with Crippen molar-refractivity contribution < 1.29 is 19.3 Å². The molecule has 1 aromatic rings. The summed E-state index contributed by atoms with van der Waals surface area (Å²) in [5.41, 5.74) is 0.625. The summed E-state index contributed by atoms with van der Waals surface area (Å²) in [4.78, 5) is 0. The lowest BCUT2D eigenvalue weighted by Gasteiger charge is -2.08. The molecule has 0 radical (unpaired) electrons. The van der Waals surface area contributed by atoms with Crippen molar-refractivity contribution in [2.24, 2.45) is 0 Å². The van der Waals surface area contributed by atoms with Crippen LogP contribution in [0.2, 0.25) is 0 Å². The second kappa shape index (κ2) is 9.76. The zero-order valence-corrected chi connectivity index (χ0v) is 11.0. The molecule has 1 N–H and O–H groups in total. The van der Waals surface area contributed by atoms with Crippen LogP contribution in [-0.4, -0.2) is 44.7 Å². The summed E-state index contributed by atoms with van der Waals surface area (Å²) in [5.74, 6) is 0.528. The number of benzene rings is 1. The highest BCUT2D eigenvalue weighted by molar-refractivity contribution is 5.49. The molecule has 0 saturated heterocycles. The van der Waals surface area contributed by atoms with Crippen molar-refractivity contribution >= 4 is 0 Å². The second-order valence-corrected chi connectivity index (χ2v) is 3.73. The zero-order chi connectivity index (χ0) is 14.6. The topological polar surface area (TPSA) is 95.5 Å². The van der Waals surface area contributed by atoms with E-state index in [1.165, 1.54) is 6.07 Å². The molecule has 0 heterocycles. The highest BCUT2D eigenvalue weighted by Gasteiger charge is 2.03. The van der Waals surface area contributed by atoms with E-state index in [1.54, 1.807) is 12.1 Å². The molecule has 1 aromatic carbocycles. The molecule has 0 bridgehead atoms. The quantitative estimate of drug-likeness (QED) is 0.671. The van der Waals surface area contributed by atoms with Crippen molar-refractivity contribution in [3.05, 3.63) is 29.3 Å². The Kier molecular flexibility index (Phi) is 7.78. The molecule has 0 atom stereocenters. The van der Waals surface area contributed by atoms with Crippen LogP contribution in [0, 0.1) is 22.7 Å². The van der Waals surface area contributed by atoms with Crippen LogP contribution in [0.15, 0.2) is 18.2 Å². The van der Waals surface area contributed by atoms with Crippen molar-refractivity contribution in [3.8, 4) is 17.9 Å². The number of rotatable bonds is 9. The Balaban J connectivity index is 2.23. The van der Waals surface area contributed by atoms with E-state index < -0.39 is 0 Å². The van der Waals surface area contributed by atoms with Gasteiger partial charge in [-0.2, -0.15) is 10.5 Å². The van der Waals surface area contributed by atoms with E-state index >= 15 is 0 Å². The molecular formula is C14H16N2O4. The average Bonchev–Trinajstić information content (AvgIpc) is 2.49. The summed E-state index contributed by atoms with van der Waals surface area (Å²) in [6.07, 6.45) is 0. The minimum absolute atomic E-state index is 0.00301. The van der Waals surface area contributed by atoms with Crippen LogP contribution < -0.4 is 4.74 Å². The van der Waals surface area contributed by atoms with E-state index in [0.29, 0.717) is 49.9 Å². The molecule has 0 amide bonds. The molecule has 6 heteroatoms. The lowest BCUT2D eigenvalue weighted by atomic mass is 10.1. The lowest BCUT2D eigenvalue weighted by molar-refractivity contribution is 0.0247. The van der Waals surface area contributed by atoms with Crippen LogP contribution in [0.1, 0.15) is 11.1 Å². The third-order valence-corrected chi connectivity index (χ3v) is 2.34. The molecule has 1 rings (SSSR count). The van der Waals surface area contributed by atoms with Gasteiger partial charge in [-0.1, -0.05) is 0 Å². The van der Waals surface area contributed by atoms with Gasteiger partial charge in [-0.05, 0) is 18.2 Å². The van der Waals surface area contributed by atoms with Gasteiger partial charge in [0.05, 0.1) is 44.2 Å². The third kappa shape index (κ3) is 5.68. The largest absolute Gasteiger partial charge is 0.491 e. The maximum atomic E-state index is 8.87. The molecule has 20 heavy (non-hydrogen) atoms. The normalized spacial score (nSPS) is 9.75. The summed E-state index contributed by atoms with van der Waals surface area (Å²) in [5, 5.41) is 26.1. The van der Waals surface area contributed by atoms with E-state index in [2.05, 4.69) is 0 Å². The van der Waals surface area contributed by atoms with Gasteiger partial charge < -0.3 is 19.3 Å². The Morgan fingerprint density at radius 1 is 0.900 bits per heavy atom. The third-order valence-electron chi connectivity index (χ3n) is 2.34. The van der Waals surface area contributed by atoms with Crippen molar-refractivity contribution in [2.75, 3.05) is 39.6 Å². The Bertz CT molecular complexity index is 491. The first-order valence-electron chi connectivity index (χ1n) is 6.15. The van der Waals surface area contributed by atoms with Gasteiger partial charge in [-0.3, -0.25) is 0 Å². The van der Waals surface area contributed by atoms with Crippen molar-refractivity contribution in [3.63, 3.8) is 0 Å². The smallest absolute Gasteiger partial charge is 0.120 e. The minimum atomic E-state index is 0.00301. The standard InChI is InChI=1S/C14H16N2O4/c15-10-12-1-2-14(9-13(12)11-16)20-8-7-19-6-5-18-4-3-17/h1-2,9,17H,3-8H2. The van der Waals surface area contributed by atoms with Crippen LogP contribution in [0.4, 0.5) is 0 Å². The molecule has 6 nitrogen and oxygen atoms in total. The molecule has 0 aliphatic heterocycles. The molecular weight excluding hydrogens is 260 g/mol. The van der Waals surface area contributed by atoms with Gasteiger partial charge in [0.1, 0.15) is 24.5 Å². The van der Waals surface area contributed by atoms with Gasteiger partial charge in [-0.25, -0.2) is 0 Å². The Hall–Kier alpha value is -2.12. The number of aliphatic hydroxyl groups is 1. The Morgan fingerprint density at radius 2 is 1.55 bits per heavy atom. The van der Waals surface area contributed by atoms with Crippen LogP contribution in [0.5, 0.6) is 5.75 Å². The fourth-order valence-corrected chi connectivity index (χ4v) is 1.41. The number of ether oxygens (including phenoxy) is 3. The van der Waals surface area contributed by atoms with Gasteiger partial charge >= 0.3 is 0 Å². The Labute approximate surface area is 117 Å². The number of nitrogens with zero attached hydrogens (tertiary/aromatic N) is 2. The van der Waals surface area contributed by atoms with E-state index in [-0.39, 0.29) is 6.61 Å². The van der Waals surface area contributed by atoms with Crippen LogP contribution in [-0.2, 0) is 9.47 Å². The number of hydrogen-bond acceptors (Lipinski definition) is 6. The molecule has 106 valence electrons. The highest BCUT2D eigenvalue weighted by Crippen LogP contribution is 2.16. The summed E-state index contributed by atoms with van der Waals surface area (Å²) < 4.78 is 15.7. The van der Waals surface area contributed by atoms with E-state index in [0.717, 1.165) is 0 Å². The predicted octanol–water partition coefficient (Wildman–Crippen LogP) is 0.834. The molecule has 0 spiro atoms. The van der Waals surface area contributed by atoms with Gasteiger partial charge in [0.2, 0.25) is 0 Å². The molecule has 0 aliphatic carbocycles. The van der Waals surface area contributed by atoms with Gasteiger partial charge in [0.15, 0.2) is 0 Å². The van der Waals surface area contributed by atoms with Crippen molar-refractivity contribution in [1.82, 2.24) is 0 Å². The molecule has 0 aromatic heterocycles. The number of aliphatic hydroxyl groups excluding tert-OH is 1. The monoisotopic (exact) mass is 276 g/mol. The maximum absolute atomic E-state index is 8.87. The van der Waals surface area contributed by atoms with Crippen LogP contribution in [0.3, 0.4) is 0 Å². The number of hydrogen-bond donors (Lipinski definition) is 1. The SMILES string of the molecule is N#Cc1ccc(OCCOCCOCCO)cc1C#N.